The summed E-state index contributed by atoms with van der Waals surface area (Å²) >= 11 is 0. The maximum atomic E-state index is 13.6. The summed E-state index contributed by atoms with van der Waals surface area (Å²) < 4.78 is 27.3. The average Bonchev–Trinajstić information content (AvgIpc) is 2.69. The van der Waals surface area contributed by atoms with Crippen molar-refractivity contribution in [1.82, 2.24) is 15.5 Å². The second-order valence-corrected chi connectivity index (χ2v) is 7.86. The number of hydrogen-bond donors (Lipinski definition) is 2. The number of rotatable bonds is 5. The first-order chi connectivity index (χ1) is 13.5. The van der Waals surface area contributed by atoms with Gasteiger partial charge in [0.15, 0.2) is 0 Å². The standard InChI is InChI=1S/C21H29F2N3O2/c22-17-7-4-8-18(23)19(17)20(27)24-12-9-15-10-13-26(14-11-15)21(28)25-16-5-2-1-3-6-16/h4,7-8,15-16H,1-3,5-6,9-14H2,(H,24,27)(H,25,28). The van der Waals surface area contributed by atoms with E-state index in [0.717, 1.165) is 44.2 Å². The molecule has 2 fully saturated rings. The van der Waals surface area contributed by atoms with E-state index in [-0.39, 0.29) is 6.03 Å². The van der Waals surface area contributed by atoms with Crippen LogP contribution >= 0.6 is 0 Å². The molecular weight excluding hydrogens is 364 g/mol. The van der Waals surface area contributed by atoms with Crippen LogP contribution in [0.5, 0.6) is 0 Å². The van der Waals surface area contributed by atoms with Crippen LogP contribution in [0.2, 0.25) is 0 Å². The molecule has 5 nitrogen and oxygen atoms in total. The predicted octanol–water partition coefficient (Wildman–Crippen LogP) is 3.84. The molecule has 1 aliphatic carbocycles. The van der Waals surface area contributed by atoms with Crippen LogP contribution in [-0.2, 0) is 0 Å². The van der Waals surface area contributed by atoms with Crippen molar-refractivity contribution in [3.63, 3.8) is 0 Å². The van der Waals surface area contributed by atoms with Gasteiger partial charge >= 0.3 is 6.03 Å². The van der Waals surface area contributed by atoms with Crippen molar-refractivity contribution in [2.45, 2.75) is 57.4 Å². The molecule has 1 saturated carbocycles. The Bertz CT molecular complexity index is 664. The molecule has 0 radical (unpaired) electrons. The molecular formula is C21H29F2N3O2. The Balaban J connectivity index is 1.36. The van der Waals surface area contributed by atoms with Gasteiger partial charge in [-0.1, -0.05) is 25.3 Å². The van der Waals surface area contributed by atoms with Gasteiger partial charge in [-0.05, 0) is 50.2 Å². The van der Waals surface area contributed by atoms with E-state index >= 15 is 0 Å². The van der Waals surface area contributed by atoms with Crippen LogP contribution in [0.3, 0.4) is 0 Å². The first kappa shape index (κ1) is 20.6. The zero-order chi connectivity index (χ0) is 19.9. The van der Waals surface area contributed by atoms with E-state index in [2.05, 4.69) is 10.6 Å². The molecule has 0 unspecified atom stereocenters. The summed E-state index contributed by atoms with van der Waals surface area (Å²) in [6.45, 7) is 1.78. The van der Waals surface area contributed by atoms with Crippen molar-refractivity contribution in [2.75, 3.05) is 19.6 Å². The molecule has 154 valence electrons. The lowest BCUT2D eigenvalue weighted by molar-refractivity contribution is 0.0941. The Morgan fingerprint density at radius 1 is 1.00 bits per heavy atom. The summed E-state index contributed by atoms with van der Waals surface area (Å²) in [4.78, 5) is 26.3. The molecule has 2 aliphatic rings. The maximum Gasteiger partial charge on any atom is 0.317 e. The molecule has 28 heavy (non-hydrogen) atoms. The normalized spacial score (nSPS) is 18.7. The third-order valence-electron chi connectivity index (χ3n) is 5.86. The van der Waals surface area contributed by atoms with Crippen LogP contribution in [-0.4, -0.2) is 42.5 Å². The van der Waals surface area contributed by atoms with E-state index in [1.807, 2.05) is 4.90 Å². The molecule has 1 heterocycles. The van der Waals surface area contributed by atoms with Crippen molar-refractivity contribution in [3.05, 3.63) is 35.4 Å². The van der Waals surface area contributed by atoms with Crippen LogP contribution in [0.1, 0.15) is 61.7 Å². The summed E-state index contributed by atoms with van der Waals surface area (Å²) in [6, 6.07) is 3.74. The fraction of sp³-hybridized carbons (Fsp3) is 0.619. The van der Waals surface area contributed by atoms with Crippen LogP contribution in [0.15, 0.2) is 18.2 Å². The quantitative estimate of drug-likeness (QED) is 0.799. The second-order valence-electron chi connectivity index (χ2n) is 7.86. The summed E-state index contributed by atoms with van der Waals surface area (Å²) in [5.41, 5.74) is -0.531. The molecule has 0 bridgehead atoms. The van der Waals surface area contributed by atoms with Crippen molar-refractivity contribution in [1.29, 1.82) is 0 Å². The molecule has 7 heteroatoms. The van der Waals surface area contributed by atoms with Gasteiger partial charge in [-0.2, -0.15) is 0 Å². The van der Waals surface area contributed by atoms with Gasteiger partial charge in [-0.25, -0.2) is 13.6 Å². The Morgan fingerprint density at radius 3 is 2.29 bits per heavy atom. The number of nitrogens with zero attached hydrogens (tertiary/aromatic N) is 1. The minimum atomic E-state index is -0.852. The molecule has 1 aromatic rings. The van der Waals surface area contributed by atoms with Gasteiger partial charge in [0.2, 0.25) is 0 Å². The summed E-state index contributed by atoms with van der Waals surface area (Å²) in [5.74, 6) is -2.03. The number of carbonyl (C=O) groups excluding carboxylic acids is 2. The molecule has 2 N–H and O–H groups in total. The van der Waals surface area contributed by atoms with E-state index in [1.165, 1.54) is 25.3 Å². The monoisotopic (exact) mass is 393 g/mol. The van der Waals surface area contributed by atoms with Gasteiger partial charge in [-0.15, -0.1) is 0 Å². The highest BCUT2D eigenvalue weighted by Crippen LogP contribution is 2.22. The zero-order valence-electron chi connectivity index (χ0n) is 16.2. The Kier molecular flexibility index (Phi) is 7.23. The average molecular weight is 393 g/mol. The number of amides is 3. The Labute approximate surface area is 164 Å². The van der Waals surface area contributed by atoms with Gasteiger partial charge in [0.1, 0.15) is 17.2 Å². The first-order valence-electron chi connectivity index (χ1n) is 10.3. The predicted molar refractivity (Wildman–Crippen MR) is 103 cm³/mol. The van der Waals surface area contributed by atoms with Crippen LogP contribution in [0.25, 0.3) is 0 Å². The number of hydrogen-bond acceptors (Lipinski definition) is 2. The number of likely N-dealkylation sites (tertiary alicyclic amines) is 1. The Morgan fingerprint density at radius 2 is 1.64 bits per heavy atom. The lowest BCUT2D eigenvalue weighted by Crippen LogP contribution is -2.48. The minimum Gasteiger partial charge on any atom is -0.352 e. The first-order valence-corrected chi connectivity index (χ1v) is 10.3. The van der Waals surface area contributed by atoms with Crippen molar-refractivity contribution in [2.24, 2.45) is 5.92 Å². The lowest BCUT2D eigenvalue weighted by Gasteiger charge is -2.34. The third-order valence-corrected chi connectivity index (χ3v) is 5.86. The number of halogens is 2. The summed E-state index contributed by atoms with van der Waals surface area (Å²) in [7, 11) is 0. The second kappa shape index (κ2) is 9.85. The topological polar surface area (TPSA) is 61.4 Å². The molecule has 0 aromatic heterocycles. The van der Waals surface area contributed by atoms with Crippen LogP contribution in [0.4, 0.5) is 13.6 Å². The third kappa shape index (κ3) is 5.42. The minimum absolute atomic E-state index is 0.0358. The zero-order valence-corrected chi connectivity index (χ0v) is 16.2. The van der Waals surface area contributed by atoms with E-state index in [1.54, 1.807) is 0 Å². The van der Waals surface area contributed by atoms with Crippen LogP contribution < -0.4 is 10.6 Å². The van der Waals surface area contributed by atoms with E-state index in [9.17, 15) is 18.4 Å². The maximum absolute atomic E-state index is 13.6. The molecule has 1 aliphatic heterocycles. The number of benzene rings is 1. The molecule has 1 saturated heterocycles. The lowest BCUT2D eigenvalue weighted by atomic mass is 9.93. The largest absolute Gasteiger partial charge is 0.352 e. The molecule has 0 spiro atoms. The van der Waals surface area contributed by atoms with E-state index < -0.39 is 23.1 Å². The van der Waals surface area contributed by atoms with Crippen molar-refractivity contribution < 1.29 is 18.4 Å². The summed E-state index contributed by atoms with van der Waals surface area (Å²) in [5, 5.41) is 5.75. The molecule has 0 atom stereocenters. The van der Waals surface area contributed by atoms with Crippen molar-refractivity contribution in [3.8, 4) is 0 Å². The molecule has 1 aromatic carbocycles. The van der Waals surface area contributed by atoms with Gasteiger partial charge in [0.25, 0.3) is 5.91 Å². The molecule has 3 rings (SSSR count). The summed E-state index contributed by atoms with van der Waals surface area (Å²) in [6.07, 6.45) is 8.28. The van der Waals surface area contributed by atoms with E-state index in [0.29, 0.717) is 31.6 Å². The molecule has 3 amide bonds. The highest BCUT2D eigenvalue weighted by Gasteiger charge is 2.25. The van der Waals surface area contributed by atoms with Gasteiger partial charge in [-0.3, -0.25) is 4.79 Å². The Hall–Kier alpha value is -2.18. The number of piperidine rings is 1. The number of carbonyl (C=O) groups is 2. The SMILES string of the molecule is O=C(NCCC1CCN(C(=O)NC2CCCCC2)CC1)c1c(F)cccc1F. The highest BCUT2D eigenvalue weighted by molar-refractivity contribution is 5.94. The fourth-order valence-corrected chi connectivity index (χ4v) is 4.13. The van der Waals surface area contributed by atoms with Gasteiger partial charge in [0, 0.05) is 25.7 Å². The highest BCUT2D eigenvalue weighted by atomic mass is 19.1. The van der Waals surface area contributed by atoms with Gasteiger partial charge < -0.3 is 15.5 Å². The van der Waals surface area contributed by atoms with Gasteiger partial charge in [0.05, 0.1) is 0 Å². The van der Waals surface area contributed by atoms with Crippen LogP contribution in [0, 0.1) is 17.6 Å². The van der Waals surface area contributed by atoms with E-state index in [4.69, 9.17) is 0 Å². The van der Waals surface area contributed by atoms with Crippen molar-refractivity contribution >= 4 is 11.9 Å². The smallest absolute Gasteiger partial charge is 0.317 e. The number of nitrogens with one attached hydrogen (secondary N) is 2. The fourth-order valence-electron chi connectivity index (χ4n) is 4.13. The number of urea groups is 1.